The zero-order valence-electron chi connectivity index (χ0n) is 12.5. The van der Waals surface area contributed by atoms with Gasteiger partial charge in [0.05, 0.1) is 5.41 Å². The maximum atomic E-state index is 12.9. The van der Waals surface area contributed by atoms with Crippen LogP contribution < -0.4 is 5.73 Å². The minimum Gasteiger partial charge on any atom is -0.341 e. The van der Waals surface area contributed by atoms with Crippen molar-refractivity contribution in [3.05, 3.63) is 35.4 Å². The van der Waals surface area contributed by atoms with E-state index in [4.69, 9.17) is 5.73 Å². The molecule has 1 atom stereocenters. The van der Waals surface area contributed by atoms with Crippen molar-refractivity contribution in [2.24, 2.45) is 11.1 Å². The van der Waals surface area contributed by atoms with Crippen LogP contribution >= 0.6 is 0 Å². The van der Waals surface area contributed by atoms with E-state index in [1.807, 2.05) is 4.90 Å². The summed E-state index contributed by atoms with van der Waals surface area (Å²) in [5, 5.41) is 0. The number of hydrogen-bond acceptors (Lipinski definition) is 2. The van der Waals surface area contributed by atoms with Crippen molar-refractivity contribution in [3.63, 3.8) is 0 Å². The largest absolute Gasteiger partial charge is 0.341 e. The van der Waals surface area contributed by atoms with E-state index in [1.54, 1.807) is 0 Å². The molecule has 20 heavy (non-hydrogen) atoms. The van der Waals surface area contributed by atoms with Gasteiger partial charge in [0, 0.05) is 13.1 Å². The van der Waals surface area contributed by atoms with Crippen molar-refractivity contribution in [3.8, 4) is 0 Å². The molecule has 2 fully saturated rings. The van der Waals surface area contributed by atoms with Crippen LogP contribution in [-0.2, 0) is 10.2 Å². The first-order valence-corrected chi connectivity index (χ1v) is 7.56. The van der Waals surface area contributed by atoms with E-state index in [0.717, 1.165) is 32.4 Å². The molecule has 3 nitrogen and oxygen atoms in total. The van der Waals surface area contributed by atoms with Gasteiger partial charge in [-0.15, -0.1) is 0 Å². The van der Waals surface area contributed by atoms with Gasteiger partial charge in [-0.3, -0.25) is 4.79 Å². The zero-order chi connectivity index (χ0) is 14.4. The van der Waals surface area contributed by atoms with Gasteiger partial charge in [-0.25, -0.2) is 0 Å². The molecular formula is C17H24N2O. The summed E-state index contributed by atoms with van der Waals surface area (Å²) in [6.07, 6.45) is 3.01. The molecule has 3 heteroatoms. The topological polar surface area (TPSA) is 46.3 Å². The molecular weight excluding hydrogens is 248 g/mol. The highest BCUT2D eigenvalue weighted by Crippen LogP contribution is 2.50. The lowest BCUT2D eigenvalue weighted by Crippen LogP contribution is -2.40. The van der Waals surface area contributed by atoms with Crippen LogP contribution in [-0.4, -0.2) is 30.4 Å². The van der Waals surface area contributed by atoms with E-state index in [9.17, 15) is 4.79 Å². The molecule has 1 amide bonds. The van der Waals surface area contributed by atoms with Crippen molar-refractivity contribution in [2.75, 3.05) is 19.6 Å². The first-order valence-electron chi connectivity index (χ1n) is 7.56. The van der Waals surface area contributed by atoms with Crippen LogP contribution in [0.5, 0.6) is 0 Å². The smallest absolute Gasteiger partial charge is 0.233 e. The lowest BCUT2D eigenvalue weighted by molar-refractivity contribution is -0.133. The molecule has 1 heterocycles. The van der Waals surface area contributed by atoms with Crippen LogP contribution in [0.2, 0.25) is 0 Å². The molecule has 1 aliphatic carbocycles. The Hall–Kier alpha value is -1.35. The summed E-state index contributed by atoms with van der Waals surface area (Å²) in [7, 11) is 0. The summed E-state index contributed by atoms with van der Waals surface area (Å²) in [4.78, 5) is 15.0. The van der Waals surface area contributed by atoms with Crippen LogP contribution in [0.25, 0.3) is 0 Å². The highest BCUT2D eigenvalue weighted by atomic mass is 16.2. The Balaban J connectivity index is 1.81. The number of benzene rings is 1. The third-order valence-electron chi connectivity index (χ3n) is 5.07. The van der Waals surface area contributed by atoms with Gasteiger partial charge in [0.25, 0.3) is 0 Å². The van der Waals surface area contributed by atoms with Gasteiger partial charge in [-0.2, -0.15) is 0 Å². The molecule has 0 radical (unpaired) electrons. The van der Waals surface area contributed by atoms with Gasteiger partial charge >= 0.3 is 0 Å². The van der Waals surface area contributed by atoms with Crippen LogP contribution in [0, 0.1) is 12.3 Å². The predicted octanol–water partition coefficient (Wildman–Crippen LogP) is 2.22. The van der Waals surface area contributed by atoms with Gasteiger partial charge in [0.1, 0.15) is 0 Å². The average molecular weight is 272 g/mol. The fourth-order valence-corrected chi connectivity index (χ4v) is 3.36. The second-order valence-corrected chi connectivity index (χ2v) is 6.94. The standard InChI is InChI=1S/C17H24N2O/c1-13-4-3-5-14(10-13)17(6-7-17)15(20)19-9-8-16(2,11-18)12-19/h3-5,10H,6-9,11-12,18H2,1-2H3. The lowest BCUT2D eigenvalue weighted by Gasteiger charge is -2.26. The highest BCUT2D eigenvalue weighted by Gasteiger charge is 2.54. The number of likely N-dealkylation sites (tertiary alicyclic amines) is 1. The molecule has 0 spiro atoms. The Kier molecular flexibility index (Phi) is 3.13. The molecule has 1 aromatic carbocycles. The summed E-state index contributed by atoms with van der Waals surface area (Å²) in [6.45, 7) is 6.61. The number of nitrogens with two attached hydrogens (primary N) is 1. The first-order chi connectivity index (χ1) is 9.49. The van der Waals surface area contributed by atoms with E-state index >= 15 is 0 Å². The van der Waals surface area contributed by atoms with Gasteiger partial charge in [-0.1, -0.05) is 36.8 Å². The molecule has 1 aliphatic heterocycles. The second-order valence-electron chi connectivity index (χ2n) is 6.94. The van der Waals surface area contributed by atoms with Gasteiger partial charge < -0.3 is 10.6 Å². The van der Waals surface area contributed by atoms with Crippen LogP contribution in [0.3, 0.4) is 0 Å². The molecule has 3 rings (SSSR count). The molecule has 1 saturated heterocycles. The number of aryl methyl sites for hydroxylation is 1. The van der Waals surface area contributed by atoms with Gasteiger partial charge in [0.15, 0.2) is 0 Å². The summed E-state index contributed by atoms with van der Waals surface area (Å²) in [5.74, 6) is 0.320. The number of amides is 1. The summed E-state index contributed by atoms with van der Waals surface area (Å²) >= 11 is 0. The summed E-state index contributed by atoms with van der Waals surface area (Å²) in [5.41, 5.74) is 8.16. The third kappa shape index (κ3) is 2.14. The van der Waals surface area contributed by atoms with Crippen molar-refractivity contribution >= 4 is 5.91 Å². The molecule has 1 aromatic rings. The number of rotatable bonds is 3. The van der Waals surface area contributed by atoms with Crippen molar-refractivity contribution in [1.29, 1.82) is 0 Å². The fraction of sp³-hybridized carbons (Fsp3) is 0.588. The van der Waals surface area contributed by atoms with Crippen LogP contribution in [0.1, 0.15) is 37.3 Å². The molecule has 1 unspecified atom stereocenters. The Labute approximate surface area is 121 Å². The number of carbonyl (C=O) groups excluding carboxylic acids is 1. The second kappa shape index (κ2) is 4.59. The lowest BCUT2D eigenvalue weighted by atomic mass is 9.90. The summed E-state index contributed by atoms with van der Waals surface area (Å²) in [6, 6.07) is 8.43. The molecule has 0 bridgehead atoms. The summed E-state index contributed by atoms with van der Waals surface area (Å²) < 4.78 is 0. The SMILES string of the molecule is Cc1cccc(C2(C(=O)N3CCC(C)(CN)C3)CC2)c1. The normalized spacial score (nSPS) is 27.6. The van der Waals surface area contributed by atoms with E-state index in [-0.39, 0.29) is 10.8 Å². The Morgan fingerprint density at radius 2 is 2.10 bits per heavy atom. The van der Waals surface area contributed by atoms with Gasteiger partial charge in [-0.05, 0) is 43.7 Å². The maximum absolute atomic E-state index is 12.9. The van der Waals surface area contributed by atoms with Crippen LogP contribution in [0.4, 0.5) is 0 Å². The zero-order valence-corrected chi connectivity index (χ0v) is 12.5. The molecule has 2 N–H and O–H groups in total. The molecule has 2 aliphatic rings. The third-order valence-corrected chi connectivity index (χ3v) is 5.07. The van der Waals surface area contributed by atoms with Crippen molar-refractivity contribution in [1.82, 2.24) is 4.90 Å². The van der Waals surface area contributed by atoms with E-state index in [1.165, 1.54) is 11.1 Å². The Morgan fingerprint density at radius 1 is 1.35 bits per heavy atom. The minimum atomic E-state index is -0.230. The molecule has 0 aromatic heterocycles. The number of nitrogens with zero attached hydrogens (tertiary/aromatic N) is 1. The quantitative estimate of drug-likeness (QED) is 0.917. The average Bonchev–Trinajstić information content (AvgIpc) is 3.16. The van der Waals surface area contributed by atoms with E-state index in [2.05, 4.69) is 38.1 Å². The Bertz CT molecular complexity index is 536. The van der Waals surface area contributed by atoms with Crippen molar-refractivity contribution < 1.29 is 4.79 Å². The van der Waals surface area contributed by atoms with Crippen LogP contribution in [0.15, 0.2) is 24.3 Å². The highest BCUT2D eigenvalue weighted by molar-refractivity contribution is 5.91. The molecule has 1 saturated carbocycles. The Morgan fingerprint density at radius 3 is 2.65 bits per heavy atom. The van der Waals surface area contributed by atoms with E-state index in [0.29, 0.717) is 12.5 Å². The van der Waals surface area contributed by atoms with Crippen molar-refractivity contribution in [2.45, 2.75) is 38.5 Å². The minimum absolute atomic E-state index is 0.109. The fourth-order valence-electron chi connectivity index (χ4n) is 3.36. The van der Waals surface area contributed by atoms with E-state index < -0.39 is 0 Å². The maximum Gasteiger partial charge on any atom is 0.233 e. The number of hydrogen-bond donors (Lipinski definition) is 1. The first kappa shape index (κ1) is 13.6. The van der Waals surface area contributed by atoms with Gasteiger partial charge in [0.2, 0.25) is 5.91 Å². The predicted molar refractivity (Wildman–Crippen MR) is 80.4 cm³/mol. The monoisotopic (exact) mass is 272 g/mol. The molecule has 108 valence electrons. The number of carbonyl (C=O) groups is 1.